The number of aliphatic hydroxyl groups excluding tert-OH is 1. The second-order valence-corrected chi connectivity index (χ2v) is 36.6. The predicted molar refractivity (Wildman–Crippen MR) is 494 cm³/mol. The van der Waals surface area contributed by atoms with Crippen LogP contribution in [-0.4, -0.2) is 276 Å². The van der Waals surface area contributed by atoms with Crippen molar-refractivity contribution < 1.29 is 100 Å². The molecular formula is C95H117F3N16O18S2. The van der Waals surface area contributed by atoms with E-state index >= 15 is 56.7 Å². The fraction of sp³-hybridized carbons (Fsp3) is 0.442. The van der Waals surface area contributed by atoms with Crippen LogP contribution in [0, 0.1) is 29.3 Å². The zero-order valence-electron chi connectivity index (χ0n) is 75.8. The van der Waals surface area contributed by atoms with E-state index in [0.29, 0.717) is 75.5 Å². The molecule has 13 atom stereocenters. The van der Waals surface area contributed by atoms with Gasteiger partial charge in [0.2, 0.25) is 88.6 Å². The standard InChI is InChI=1S/C95H117F3N16O18S2/c1-9-10-26-75-94(131)113-36-19-27-74(113)88(125)107-72(48-115)87(124)109-82(54(4)5)95(132)111(7)76(43-55-20-13-11-14-21-55)89(126)106-71(41-58-30-34-62(117)35-31-58)92(129)114-52-134-50-78(114)90(127)105-69(45-60-46-100-66-25-18-17-24-63(60)66)86(123)104-68(40-57-28-32-61(116)33-29-57)85(122)103-67(37-53(2)3)84(121)108-73(83(120)101-47-79(99)118)49-133-51-80(119)102-70(42-59-38-64(96)81(98)65(97)39-59)91(128)112(8)77(93(130)110(75)6)44-56-22-15-12-16-23-56/h11-18,20-25,28-35,38-39,46,53-54,67-78,82,100,115-117H,9-10,19,26-27,36-37,40-45,47-52H2,1-8H3,(H2,99,118)(H,101,120)(H,102,119)(H,103,122)(H,104,123)(H,105,127)(H,106,126)(H,107,125)(H,108,121)(H,109,124)/t67-,68-,69-,70-,71-,72-,73-,74+,75-,76-,77-,78+,82-/m0/s1. The molecule has 3 fully saturated rings. The molecule has 134 heavy (non-hydrogen) atoms. The number of fused-ring (bicyclic) bond motifs is 3. The quantitative estimate of drug-likeness (QED) is 0.0433. The Hall–Kier alpha value is -13.0. The van der Waals surface area contributed by atoms with Gasteiger partial charge in [0.05, 0.1) is 24.8 Å². The molecule has 6 aromatic carbocycles. The minimum absolute atomic E-state index is 0.00669. The lowest BCUT2D eigenvalue weighted by Gasteiger charge is -2.38. The number of likely N-dealkylation sites (N-methyl/N-ethyl adjacent to an activating group) is 3. The number of H-pyrrole nitrogens is 1. The number of amides is 15. The Morgan fingerprint density at radius 3 is 1.60 bits per heavy atom. The molecule has 3 aliphatic rings. The summed E-state index contributed by atoms with van der Waals surface area (Å²) in [6.45, 7) is 6.61. The molecule has 4 heterocycles. The maximum atomic E-state index is 15.7. The van der Waals surface area contributed by atoms with Crippen molar-refractivity contribution in [1.29, 1.82) is 0 Å². The Bertz CT molecular complexity index is 5330. The predicted octanol–water partition coefficient (Wildman–Crippen LogP) is 3.24. The first-order chi connectivity index (χ1) is 63.9. The summed E-state index contributed by atoms with van der Waals surface area (Å²) in [6, 6.07) is 16.2. The number of aliphatic hydroxyl groups is 1. The van der Waals surface area contributed by atoms with E-state index in [2.05, 4.69) is 52.8 Å². The summed E-state index contributed by atoms with van der Waals surface area (Å²) in [5.41, 5.74) is 8.07. The molecule has 0 unspecified atom stereocenters. The van der Waals surface area contributed by atoms with Gasteiger partial charge in [-0.05, 0) is 113 Å². The van der Waals surface area contributed by atoms with Crippen LogP contribution in [0.4, 0.5) is 13.2 Å². The molecular weight excluding hydrogens is 1770 g/mol. The summed E-state index contributed by atoms with van der Waals surface area (Å²) < 4.78 is 45.1. The number of benzene rings is 6. The van der Waals surface area contributed by atoms with Crippen molar-refractivity contribution in [3.05, 3.63) is 203 Å². The number of halogens is 3. The van der Waals surface area contributed by atoms with Crippen molar-refractivity contribution in [2.75, 3.05) is 64.0 Å². The summed E-state index contributed by atoms with van der Waals surface area (Å²) in [7, 11) is 3.85. The minimum Gasteiger partial charge on any atom is -0.508 e. The van der Waals surface area contributed by atoms with Crippen molar-refractivity contribution >= 4 is 123 Å². The van der Waals surface area contributed by atoms with Crippen molar-refractivity contribution in [2.45, 2.75) is 190 Å². The summed E-state index contributed by atoms with van der Waals surface area (Å²) in [4.78, 5) is 234. The van der Waals surface area contributed by atoms with Crippen molar-refractivity contribution in [1.82, 2.24) is 77.3 Å². The number of thioether (sulfide) groups is 2. The van der Waals surface area contributed by atoms with Crippen LogP contribution in [-0.2, 0) is 110 Å². The van der Waals surface area contributed by atoms with Crippen LogP contribution in [0.2, 0.25) is 0 Å². The average Bonchev–Trinajstić information content (AvgIpc) is 1.65. The Balaban J connectivity index is 1.05. The first-order valence-electron chi connectivity index (χ1n) is 44.4. The minimum atomic E-state index is -1.85. The molecule has 0 spiro atoms. The molecule has 3 aliphatic heterocycles. The fourth-order valence-electron chi connectivity index (χ4n) is 16.4. The number of aromatic nitrogens is 1. The third kappa shape index (κ3) is 27.8. The van der Waals surface area contributed by atoms with Crippen LogP contribution >= 0.6 is 23.5 Å². The van der Waals surface area contributed by atoms with E-state index in [-0.39, 0.29) is 93.0 Å². The lowest BCUT2D eigenvalue weighted by molar-refractivity contribution is -0.152. The highest BCUT2D eigenvalue weighted by Gasteiger charge is 2.46. The van der Waals surface area contributed by atoms with E-state index in [1.54, 1.807) is 119 Å². The maximum absolute atomic E-state index is 15.7. The monoisotopic (exact) mass is 1890 g/mol. The van der Waals surface area contributed by atoms with Gasteiger partial charge in [-0.15, -0.1) is 23.5 Å². The number of nitrogens with one attached hydrogen (secondary N) is 10. The number of unbranched alkanes of at least 4 members (excludes halogenated alkanes) is 1. The van der Waals surface area contributed by atoms with Crippen LogP contribution < -0.4 is 53.6 Å². The van der Waals surface area contributed by atoms with Crippen molar-refractivity contribution in [3.63, 3.8) is 0 Å². The lowest BCUT2D eigenvalue weighted by atomic mass is 9.98. The number of carbonyl (C=O) groups excluding carboxylic acids is 15. The van der Waals surface area contributed by atoms with Gasteiger partial charge in [-0.1, -0.05) is 151 Å². The van der Waals surface area contributed by atoms with Crippen LogP contribution in [0.5, 0.6) is 11.5 Å². The molecule has 0 saturated carbocycles. The van der Waals surface area contributed by atoms with Gasteiger partial charge < -0.3 is 98.4 Å². The van der Waals surface area contributed by atoms with Gasteiger partial charge in [-0.2, -0.15) is 0 Å². The summed E-state index contributed by atoms with van der Waals surface area (Å²) in [5.74, 6) is -22.0. The van der Waals surface area contributed by atoms with E-state index < -0.39 is 228 Å². The highest BCUT2D eigenvalue weighted by atomic mass is 32.2. The summed E-state index contributed by atoms with van der Waals surface area (Å²) in [6.07, 6.45) is 0.469. The number of nitrogens with two attached hydrogens (primary N) is 1. The third-order valence-electron chi connectivity index (χ3n) is 23.8. The highest BCUT2D eigenvalue weighted by molar-refractivity contribution is 8.00. The van der Waals surface area contributed by atoms with Gasteiger partial charge in [-0.25, -0.2) is 13.2 Å². The van der Waals surface area contributed by atoms with Gasteiger partial charge in [0, 0.05) is 94.8 Å². The molecule has 0 aliphatic carbocycles. The zero-order valence-corrected chi connectivity index (χ0v) is 77.4. The molecule has 15 amide bonds. The van der Waals surface area contributed by atoms with Crippen LogP contribution in [0.1, 0.15) is 107 Å². The molecule has 7 aromatic rings. The third-order valence-corrected chi connectivity index (χ3v) is 25.9. The number of aromatic hydroxyl groups is 2. The second kappa shape index (κ2) is 48.6. The molecule has 3 saturated heterocycles. The molecule has 718 valence electrons. The van der Waals surface area contributed by atoms with Crippen LogP contribution in [0.3, 0.4) is 0 Å². The van der Waals surface area contributed by atoms with Gasteiger partial charge >= 0.3 is 0 Å². The van der Waals surface area contributed by atoms with E-state index in [4.69, 9.17) is 5.73 Å². The number of nitrogens with zero attached hydrogens (tertiary/aromatic N) is 5. The average molecular weight is 1890 g/mol. The number of aromatic amines is 1. The lowest BCUT2D eigenvalue weighted by Crippen LogP contribution is -2.62. The molecule has 39 heteroatoms. The van der Waals surface area contributed by atoms with E-state index in [9.17, 15) is 43.7 Å². The molecule has 34 nitrogen and oxygen atoms in total. The van der Waals surface area contributed by atoms with Gasteiger partial charge in [-0.3, -0.25) is 71.9 Å². The number of primary amides is 1. The second-order valence-electron chi connectivity index (χ2n) is 34.5. The van der Waals surface area contributed by atoms with Gasteiger partial charge in [0.25, 0.3) is 0 Å². The summed E-state index contributed by atoms with van der Waals surface area (Å²) in [5, 5.41) is 56.5. The molecule has 0 bridgehead atoms. The number of rotatable bonds is 22. The zero-order chi connectivity index (χ0) is 97.3. The van der Waals surface area contributed by atoms with Gasteiger partial charge in [0.1, 0.15) is 90.0 Å². The maximum Gasteiger partial charge on any atom is 0.246 e. The number of phenols is 2. The van der Waals surface area contributed by atoms with Crippen molar-refractivity contribution in [3.8, 4) is 11.5 Å². The summed E-state index contributed by atoms with van der Waals surface area (Å²) >= 11 is 1.86. The van der Waals surface area contributed by atoms with Crippen LogP contribution in [0.25, 0.3) is 10.9 Å². The van der Waals surface area contributed by atoms with Gasteiger partial charge in [0.15, 0.2) is 17.5 Å². The van der Waals surface area contributed by atoms with Crippen molar-refractivity contribution in [2.24, 2.45) is 17.6 Å². The molecule has 0 radical (unpaired) electrons. The highest BCUT2D eigenvalue weighted by Crippen LogP contribution is 2.30. The SMILES string of the molecule is CCCC[C@H]1C(=O)N2CCC[C@@H]2C(=O)N[C@@H](CO)C(=O)N[C@@H](C(C)C)C(=O)N(C)[C@@H](Cc2ccccc2)C(=O)N[C@@H](Cc2ccc(O)cc2)C(=O)N2CSC[C@@H]2C(=O)N[C@@H](Cc2c[nH]c3ccccc23)C(=O)N[C@@H](Cc2ccc(O)cc2)C(=O)N[C@@H](CC(C)C)C(=O)N[C@H](C(=O)NCC(N)=O)CSCC(=O)N[C@@H](Cc2cc(F)c(F)c(F)c2)C(=O)N(C)[C@@H](Cc2ccccc2)C(=O)N1C. The van der Waals surface area contributed by atoms with E-state index in [1.807, 2.05) is 6.92 Å². The Labute approximate surface area is 782 Å². The fourth-order valence-corrected chi connectivity index (χ4v) is 18.4. The number of phenolic OH excluding ortho intramolecular Hbond substituents is 2. The first kappa shape index (κ1) is 103. The van der Waals surface area contributed by atoms with E-state index in [0.717, 1.165) is 14.7 Å². The molecule has 15 N–H and O–H groups in total. The largest absolute Gasteiger partial charge is 0.508 e. The number of para-hydroxylation sites is 1. The number of hydrogen-bond donors (Lipinski definition) is 14. The Morgan fingerprint density at radius 2 is 1.01 bits per heavy atom. The molecule has 1 aromatic heterocycles. The van der Waals surface area contributed by atoms with E-state index in [1.165, 1.54) is 91.2 Å². The Kier molecular flexibility index (Phi) is 37.4. The normalized spacial score (nSPS) is 23.5. The first-order valence-corrected chi connectivity index (χ1v) is 46.7. The topological polar surface area (TPSA) is 483 Å². The smallest absolute Gasteiger partial charge is 0.246 e. The number of hydrogen-bond acceptors (Lipinski definition) is 20. The van der Waals surface area contributed by atoms with Crippen LogP contribution in [0.15, 0.2) is 152 Å². The Morgan fingerprint density at radius 1 is 0.500 bits per heavy atom. The molecule has 10 rings (SSSR count). The number of carbonyl (C=O) groups is 15.